The van der Waals surface area contributed by atoms with E-state index in [1.807, 2.05) is 0 Å². The SMILES string of the molecule is CC=C(C)c1cccc(C(C)=CC)c1C(C)C. The molecule has 92 valence electrons. The van der Waals surface area contributed by atoms with E-state index in [-0.39, 0.29) is 0 Å². The van der Waals surface area contributed by atoms with Gasteiger partial charge < -0.3 is 0 Å². The van der Waals surface area contributed by atoms with Gasteiger partial charge in [-0.1, -0.05) is 44.2 Å². The van der Waals surface area contributed by atoms with Crippen molar-refractivity contribution in [1.82, 2.24) is 0 Å². The first-order chi connectivity index (χ1) is 8.02. The lowest BCUT2D eigenvalue weighted by Gasteiger charge is -2.19. The Morgan fingerprint density at radius 2 is 1.35 bits per heavy atom. The van der Waals surface area contributed by atoms with Crippen molar-refractivity contribution in [3.63, 3.8) is 0 Å². The van der Waals surface area contributed by atoms with Gasteiger partial charge in [-0.15, -0.1) is 0 Å². The molecule has 0 aromatic heterocycles. The van der Waals surface area contributed by atoms with Gasteiger partial charge in [-0.05, 0) is 61.4 Å². The fourth-order valence-corrected chi connectivity index (χ4v) is 2.19. The van der Waals surface area contributed by atoms with E-state index >= 15 is 0 Å². The van der Waals surface area contributed by atoms with Crippen LogP contribution in [0.3, 0.4) is 0 Å². The first-order valence-corrected chi connectivity index (χ1v) is 6.42. The zero-order valence-corrected chi connectivity index (χ0v) is 12.0. The molecule has 0 aliphatic heterocycles. The van der Waals surface area contributed by atoms with Crippen molar-refractivity contribution in [1.29, 1.82) is 0 Å². The molecule has 0 aliphatic carbocycles. The van der Waals surface area contributed by atoms with E-state index in [1.54, 1.807) is 0 Å². The Kier molecular flexibility index (Phi) is 4.74. The van der Waals surface area contributed by atoms with Crippen molar-refractivity contribution in [2.24, 2.45) is 0 Å². The second kappa shape index (κ2) is 5.86. The number of benzene rings is 1. The summed E-state index contributed by atoms with van der Waals surface area (Å²) in [6.07, 6.45) is 4.38. The minimum Gasteiger partial charge on any atom is -0.0841 e. The fraction of sp³-hybridized carbons (Fsp3) is 0.412. The van der Waals surface area contributed by atoms with Crippen LogP contribution in [0, 0.1) is 0 Å². The Hall–Kier alpha value is -1.30. The molecule has 0 heterocycles. The third-order valence-electron chi connectivity index (χ3n) is 3.40. The molecular weight excluding hydrogens is 204 g/mol. The Morgan fingerprint density at radius 3 is 1.65 bits per heavy atom. The van der Waals surface area contributed by atoms with E-state index in [1.165, 1.54) is 27.8 Å². The van der Waals surface area contributed by atoms with Gasteiger partial charge in [0.25, 0.3) is 0 Å². The lowest BCUT2D eigenvalue weighted by molar-refractivity contribution is 0.858. The quantitative estimate of drug-likeness (QED) is 0.626. The van der Waals surface area contributed by atoms with Gasteiger partial charge in [-0.2, -0.15) is 0 Å². The average Bonchev–Trinajstić information content (AvgIpc) is 2.35. The first kappa shape index (κ1) is 13.8. The molecule has 17 heavy (non-hydrogen) atoms. The molecule has 0 heteroatoms. The van der Waals surface area contributed by atoms with E-state index in [4.69, 9.17) is 0 Å². The Morgan fingerprint density at radius 1 is 0.941 bits per heavy atom. The van der Waals surface area contributed by atoms with Crippen molar-refractivity contribution in [2.45, 2.75) is 47.5 Å². The molecule has 0 radical (unpaired) electrons. The molecule has 0 fully saturated rings. The zero-order valence-electron chi connectivity index (χ0n) is 12.0. The van der Waals surface area contributed by atoms with Crippen molar-refractivity contribution >= 4 is 11.1 Å². The highest BCUT2D eigenvalue weighted by Crippen LogP contribution is 2.32. The van der Waals surface area contributed by atoms with E-state index < -0.39 is 0 Å². The molecule has 0 spiro atoms. The van der Waals surface area contributed by atoms with Crippen LogP contribution < -0.4 is 0 Å². The van der Waals surface area contributed by atoms with Gasteiger partial charge in [0, 0.05) is 0 Å². The molecule has 0 saturated carbocycles. The van der Waals surface area contributed by atoms with Crippen LogP contribution in [-0.2, 0) is 0 Å². The molecule has 0 N–H and O–H groups in total. The number of rotatable bonds is 3. The van der Waals surface area contributed by atoms with Gasteiger partial charge in [-0.3, -0.25) is 0 Å². The van der Waals surface area contributed by atoms with Crippen molar-refractivity contribution < 1.29 is 0 Å². The maximum atomic E-state index is 2.27. The summed E-state index contributed by atoms with van der Waals surface area (Å²) in [5, 5.41) is 0. The summed E-state index contributed by atoms with van der Waals surface area (Å²) in [6.45, 7) is 13.1. The average molecular weight is 228 g/mol. The minimum absolute atomic E-state index is 0.547. The summed E-state index contributed by atoms with van der Waals surface area (Å²) in [6, 6.07) is 6.63. The molecule has 0 nitrogen and oxygen atoms in total. The molecule has 1 aromatic carbocycles. The van der Waals surface area contributed by atoms with Crippen LogP contribution >= 0.6 is 0 Å². The monoisotopic (exact) mass is 228 g/mol. The lowest BCUT2D eigenvalue weighted by Crippen LogP contribution is -2.00. The van der Waals surface area contributed by atoms with Crippen LogP contribution in [-0.4, -0.2) is 0 Å². The zero-order chi connectivity index (χ0) is 13.0. The van der Waals surface area contributed by atoms with Gasteiger partial charge in [0.1, 0.15) is 0 Å². The summed E-state index contributed by atoms with van der Waals surface area (Å²) in [4.78, 5) is 0. The highest BCUT2D eigenvalue weighted by atomic mass is 14.2. The van der Waals surface area contributed by atoms with E-state index in [0.717, 1.165) is 0 Å². The predicted octanol–water partition coefficient (Wildman–Crippen LogP) is 5.66. The Labute approximate surface area is 106 Å². The molecule has 1 aromatic rings. The number of allylic oxidation sites excluding steroid dienone is 4. The van der Waals surface area contributed by atoms with Gasteiger partial charge in [0.15, 0.2) is 0 Å². The van der Waals surface area contributed by atoms with Crippen molar-refractivity contribution in [2.75, 3.05) is 0 Å². The van der Waals surface area contributed by atoms with Crippen LogP contribution in [0.1, 0.15) is 64.2 Å². The van der Waals surface area contributed by atoms with Gasteiger partial charge in [0.2, 0.25) is 0 Å². The maximum absolute atomic E-state index is 2.27. The minimum atomic E-state index is 0.547. The third kappa shape index (κ3) is 2.88. The Balaban J connectivity index is 3.54. The molecule has 1 rings (SSSR count). The first-order valence-electron chi connectivity index (χ1n) is 6.42. The molecule has 0 aliphatic rings. The van der Waals surface area contributed by atoms with Gasteiger partial charge in [0.05, 0.1) is 0 Å². The summed E-state index contributed by atoms with van der Waals surface area (Å²) < 4.78 is 0. The number of hydrogen-bond donors (Lipinski definition) is 0. The standard InChI is InChI=1S/C17H24/c1-7-13(5)15-10-9-11-16(14(6)8-2)17(15)12(3)4/h7-12H,1-6H3. The topological polar surface area (TPSA) is 0 Å². The molecule has 0 unspecified atom stereocenters. The van der Waals surface area contributed by atoms with Gasteiger partial charge >= 0.3 is 0 Å². The summed E-state index contributed by atoms with van der Waals surface area (Å²) in [5.74, 6) is 0.547. The van der Waals surface area contributed by atoms with Crippen LogP contribution in [0.15, 0.2) is 30.4 Å². The second-order valence-electron chi connectivity index (χ2n) is 4.86. The molecule has 0 atom stereocenters. The van der Waals surface area contributed by atoms with Gasteiger partial charge in [-0.25, -0.2) is 0 Å². The largest absolute Gasteiger partial charge is 0.0841 e. The van der Waals surface area contributed by atoms with Crippen molar-refractivity contribution in [3.05, 3.63) is 47.0 Å². The molecule has 0 amide bonds. The fourth-order valence-electron chi connectivity index (χ4n) is 2.19. The van der Waals surface area contributed by atoms with E-state index in [0.29, 0.717) is 5.92 Å². The summed E-state index contributed by atoms with van der Waals surface area (Å²) in [7, 11) is 0. The molecule has 0 saturated heterocycles. The van der Waals surface area contributed by atoms with E-state index in [2.05, 4.69) is 71.9 Å². The van der Waals surface area contributed by atoms with Crippen LogP contribution in [0.5, 0.6) is 0 Å². The highest BCUT2D eigenvalue weighted by Gasteiger charge is 2.13. The Bertz CT molecular complexity index is 409. The summed E-state index contributed by atoms with van der Waals surface area (Å²) >= 11 is 0. The van der Waals surface area contributed by atoms with Crippen LogP contribution in [0.2, 0.25) is 0 Å². The second-order valence-corrected chi connectivity index (χ2v) is 4.86. The van der Waals surface area contributed by atoms with E-state index in [9.17, 15) is 0 Å². The molecular formula is C17H24. The maximum Gasteiger partial charge on any atom is -0.0190 e. The van der Waals surface area contributed by atoms with Crippen molar-refractivity contribution in [3.8, 4) is 0 Å². The van der Waals surface area contributed by atoms with Crippen LogP contribution in [0.25, 0.3) is 11.1 Å². The van der Waals surface area contributed by atoms with Crippen LogP contribution in [0.4, 0.5) is 0 Å². The summed E-state index contributed by atoms with van der Waals surface area (Å²) in [5.41, 5.74) is 6.97. The smallest absolute Gasteiger partial charge is 0.0190 e. The number of hydrogen-bond acceptors (Lipinski definition) is 0. The lowest BCUT2D eigenvalue weighted by atomic mass is 9.86. The third-order valence-corrected chi connectivity index (χ3v) is 3.40. The molecule has 0 bridgehead atoms. The normalized spacial score (nSPS) is 13.4. The highest BCUT2D eigenvalue weighted by molar-refractivity contribution is 5.75. The predicted molar refractivity (Wildman–Crippen MR) is 79.2 cm³/mol.